The first-order valence-electron chi connectivity index (χ1n) is 9.62. The second-order valence-electron chi connectivity index (χ2n) is 7.27. The molecule has 3 heterocycles. The van der Waals surface area contributed by atoms with Crippen LogP contribution in [0.3, 0.4) is 0 Å². The number of nitrogens with one attached hydrogen (secondary N) is 1. The summed E-state index contributed by atoms with van der Waals surface area (Å²) in [5.41, 5.74) is 5.03. The maximum atomic E-state index is 13.3. The molecule has 30 heavy (non-hydrogen) atoms. The van der Waals surface area contributed by atoms with Crippen molar-refractivity contribution in [3.05, 3.63) is 83.6 Å². The molecule has 2 aromatic carbocycles. The van der Waals surface area contributed by atoms with Crippen molar-refractivity contribution < 1.29 is 8.42 Å². The van der Waals surface area contributed by atoms with Gasteiger partial charge in [0, 0.05) is 28.7 Å². The van der Waals surface area contributed by atoms with Crippen molar-refractivity contribution >= 4 is 20.9 Å². The predicted octanol–water partition coefficient (Wildman–Crippen LogP) is 3.85. The Morgan fingerprint density at radius 2 is 1.80 bits per heavy atom. The number of sulfonamides is 1. The summed E-state index contributed by atoms with van der Waals surface area (Å²) in [7, 11) is -3.74. The number of rotatable bonds is 3. The van der Waals surface area contributed by atoms with Crippen molar-refractivity contribution in [1.82, 2.24) is 14.3 Å². The number of hydrogen-bond acceptors (Lipinski definition) is 4. The van der Waals surface area contributed by atoms with Crippen LogP contribution in [0.25, 0.3) is 22.2 Å². The van der Waals surface area contributed by atoms with Crippen LogP contribution in [-0.2, 0) is 23.0 Å². The molecule has 6 nitrogen and oxygen atoms in total. The number of fused-ring (bicyclic) bond motifs is 3. The number of hydrogen-bond donors (Lipinski definition) is 1. The van der Waals surface area contributed by atoms with Crippen LogP contribution in [0.1, 0.15) is 16.8 Å². The first kappa shape index (κ1) is 18.6. The molecule has 0 amide bonds. The average molecular weight is 414 g/mol. The number of pyridine rings is 1. The standard InChI is InChI=1S/C23H18N4O2S/c24-14-16-8-10-17(11-9-16)20-6-3-7-23(26-20)30(28,29)27-13-12-19-18-4-1-2-5-21(18)25-22(19)15-27/h1-11,25H,12-13,15H2. The van der Waals surface area contributed by atoms with E-state index in [1.54, 1.807) is 36.4 Å². The maximum Gasteiger partial charge on any atom is 0.260 e. The molecule has 0 saturated heterocycles. The van der Waals surface area contributed by atoms with Crippen molar-refractivity contribution in [3.63, 3.8) is 0 Å². The summed E-state index contributed by atoms with van der Waals surface area (Å²) < 4.78 is 28.1. The molecule has 0 aliphatic carbocycles. The third-order valence-electron chi connectivity index (χ3n) is 5.49. The number of H-pyrrole nitrogens is 1. The molecule has 0 fully saturated rings. The highest BCUT2D eigenvalue weighted by molar-refractivity contribution is 7.89. The first-order valence-corrected chi connectivity index (χ1v) is 11.1. The lowest BCUT2D eigenvalue weighted by Crippen LogP contribution is -2.36. The summed E-state index contributed by atoms with van der Waals surface area (Å²) in [5, 5.41) is 10.1. The molecular weight excluding hydrogens is 396 g/mol. The third-order valence-corrected chi connectivity index (χ3v) is 7.23. The smallest absolute Gasteiger partial charge is 0.260 e. The van der Waals surface area contributed by atoms with Gasteiger partial charge in [0.25, 0.3) is 10.0 Å². The largest absolute Gasteiger partial charge is 0.357 e. The molecule has 7 heteroatoms. The van der Waals surface area contributed by atoms with E-state index in [2.05, 4.69) is 22.1 Å². The summed E-state index contributed by atoms with van der Waals surface area (Å²) in [5.74, 6) is 0. The summed E-state index contributed by atoms with van der Waals surface area (Å²) in [6.45, 7) is 0.717. The van der Waals surface area contributed by atoms with E-state index in [0.717, 1.165) is 22.2 Å². The highest BCUT2D eigenvalue weighted by atomic mass is 32.2. The van der Waals surface area contributed by atoms with Crippen LogP contribution in [0.15, 0.2) is 71.8 Å². The zero-order chi connectivity index (χ0) is 20.7. The molecular formula is C23H18N4O2S. The fourth-order valence-corrected chi connectivity index (χ4v) is 5.30. The van der Waals surface area contributed by atoms with E-state index < -0.39 is 10.0 Å². The Morgan fingerprint density at radius 1 is 1.00 bits per heavy atom. The van der Waals surface area contributed by atoms with Gasteiger partial charge in [-0.15, -0.1) is 0 Å². The molecule has 0 unspecified atom stereocenters. The second-order valence-corrected chi connectivity index (χ2v) is 9.15. The van der Waals surface area contributed by atoms with Crippen molar-refractivity contribution in [1.29, 1.82) is 5.26 Å². The number of nitrogens with zero attached hydrogens (tertiary/aromatic N) is 3. The number of aromatic nitrogens is 2. The molecule has 1 N–H and O–H groups in total. The van der Waals surface area contributed by atoms with E-state index >= 15 is 0 Å². The Balaban J connectivity index is 1.47. The van der Waals surface area contributed by atoms with Gasteiger partial charge in [-0.25, -0.2) is 13.4 Å². The van der Waals surface area contributed by atoms with Gasteiger partial charge in [0.05, 0.1) is 23.9 Å². The van der Waals surface area contributed by atoms with E-state index in [1.165, 1.54) is 15.9 Å². The molecule has 5 rings (SSSR count). The van der Waals surface area contributed by atoms with Gasteiger partial charge in [-0.1, -0.05) is 36.4 Å². The van der Waals surface area contributed by atoms with Gasteiger partial charge in [-0.2, -0.15) is 9.57 Å². The van der Waals surface area contributed by atoms with E-state index in [-0.39, 0.29) is 5.03 Å². The zero-order valence-corrected chi connectivity index (χ0v) is 16.9. The Bertz CT molecular complexity index is 1400. The van der Waals surface area contributed by atoms with Crippen LogP contribution in [-0.4, -0.2) is 29.2 Å². The van der Waals surface area contributed by atoms with Crippen LogP contribution >= 0.6 is 0 Å². The van der Waals surface area contributed by atoms with E-state index in [4.69, 9.17) is 5.26 Å². The normalized spacial score (nSPS) is 14.4. The predicted molar refractivity (Wildman–Crippen MR) is 114 cm³/mol. The minimum Gasteiger partial charge on any atom is -0.357 e. The van der Waals surface area contributed by atoms with Gasteiger partial charge in [-0.3, -0.25) is 0 Å². The maximum absolute atomic E-state index is 13.3. The minimum absolute atomic E-state index is 0.0314. The van der Waals surface area contributed by atoms with Gasteiger partial charge in [-0.05, 0) is 42.3 Å². The lowest BCUT2D eigenvalue weighted by molar-refractivity contribution is 0.387. The van der Waals surface area contributed by atoms with Crippen LogP contribution in [0.2, 0.25) is 0 Å². The minimum atomic E-state index is -3.74. The van der Waals surface area contributed by atoms with Crippen molar-refractivity contribution in [3.8, 4) is 17.3 Å². The van der Waals surface area contributed by atoms with Crippen LogP contribution < -0.4 is 0 Å². The molecule has 0 spiro atoms. The Morgan fingerprint density at radius 3 is 2.60 bits per heavy atom. The molecule has 0 radical (unpaired) electrons. The molecule has 1 aliphatic rings. The molecule has 0 atom stereocenters. The van der Waals surface area contributed by atoms with Crippen LogP contribution in [0.4, 0.5) is 0 Å². The zero-order valence-electron chi connectivity index (χ0n) is 16.0. The quantitative estimate of drug-likeness (QED) is 0.551. The molecule has 148 valence electrons. The fourth-order valence-electron chi connectivity index (χ4n) is 3.94. The number of aromatic amines is 1. The lowest BCUT2D eigenvalue weighted by atomic mass is 10.1. The lowest BCUT2D eigenvalue weighted by Gasteiger charge is -2.26. The van der Waals surface area contributed by atoms with Gasteiger partial charge < -0.3 is 4.98 Å². The van der Waals surface area contributed by atoms with Gasteiger partial charge >= 0.3 is 0 Å². The summed E-state index contributed by atoms with van der Waals surface area (Å²) in [6, 6.07) is 22.1. The van der Waals surface area contributed by atoms with Gasteiger partial charge in [0.15, 0.2) is 5.03 Å². The first-order chi connectivity index (χ1) is 14.6. The average Bonchev–Trinajstić information content (AvgIpc) is 3.17. The SMILES string of the molecule is N#Cc1ccc(-c2cccc(S(=O)(=O)N3CCc4c([nH]c5ccccc45)C3)n2)cc1. The highest BCUT2D eigenvalue weighted by Gasteiger charge is 2.31. The van der Waals surface area contributed by atoms with Gasteiger partial charge in [0.2, 0.25) is 0 Å². The summed E-state index contributed by atoms with van der Waals surface area (Å²) in [4.78, 5) is 7.79. The Hall–Kier alpha value is -3.47. The summed E-state index contributed by atoms with van der Waals surface area (Å²) >= 11 is 0. The van der Waals surface area contributed by atoms with Crippen molar-refractivity contribution in [2.75, 3.05) is 6.54 Å². The van der Waals surface area contributed by atoms with Gasteiger partial charge in [0.1, 0.15) is 0 Å². The topological polar surface area (TPSA) is 89.9 Å². The van der Waals surface area contributed by atoms with Crippen LogP contribution in [0, 0.1) is 11.3 Å². The summed E-state index contributed by atoms with van der Waals surface area (Å²) in [6.07, 6.45) is 0.661. The van der Waals surface area contributed by atoms with Crippen LogP contribution in [0.5, 0.6) is 0 Å². The molecule has 1 aliphatic heterocycles. The molecule has 0 bridgehead atoms. The second kappa shape index (κ2) is 7.10. The molecule has 0 saturated carbocycles. The van der Waals surface area contributed by atoms with E-state index in [9.17, 15) is 8.42 Å². The Kier molecular flexibility index (Phi) is 4.39. The number of para-hydroxylation sites is 1. The van der Waals surface area contributed by atoms with E-state index in [1.807, 2.05) is 18.2 Å². The Labute approximate surface area is 174 Å². The number of benzene rings is 2. The third kappa shape index (κ3) is 3.07. The van der Waals surface area contributed by atoms with E-state index in [0.29, 0.717) is 30.8 Å². The number of nitriles is 1. The molecule has 4 aromatic rings. The fraction of sp³-hybridized carbons (Fsp3) is 0.130. The van der Waals surface area contributed by atoms with Crippen molar-refractivity contribution in [2.24, 2.45) is 0 Å². The molecule has 2 aromatic heterocycles. The van der Waals surface area contributed by atoms with Crippen molar-refractivity contribution in [2.45, 2.75) is 18.0 Å². The monoisotopic (exact) mass is 414 g/mol. The highest BCUT2D eigenvalue weighted by Crippen LogP contribution is 2.30.